The number of carbonyl (C=O) groups excluding carboxylic acids is 1. The van der Waals surface area contributed by atoms with Crippen LogP contribution in [0.15, 0.2) is 36.9 Å². The third-order valence-corrected chi connectivity index (χ3v) is 6.20. The number of halogens is 1. The molecular formula is C23H24ClN7O4. The minimum absolute atomic E-state index is 0.0584. The molecule has 5 heterocycles. The predicted molar refractivity (Wildman–Crippen MR) is 130 cm³/mol. The zero-order valence-corrected chi connectivity index (χ0v) is 19.7. The maximum absolute atomic E-state index is 13.5. The fourth-order valence-electron chi connectivity index (χ4n) is 4.26. The first-order valence-electron chi connectivity index (χ1n) is 11.1. The van der Waals surface area contributed by atoms with Crippen LogP contribution in [0.1, 0.15) is 12.0 Å². The number of aromatic nitrogens is 4. The zero-order chi connectivity index (χ0) is 24.5. The van der Waals surface area contributed by atoms with E-state index in [2.05, 4.69) is 25.2 Å². The van der Waals surface area contributed by atoms with E-state index in [1.807, 2.05) is 19.1 Å². The van der Waals surface area contributed by atoms with E-state index in [1.165, 1.54) is 12.4 Å². The lowest BCUT2D eigenvalue weighted by atomic mass is 10.1. The van der Waals surface area contributed by atoms with Crippen LogP contribution >= 0.6 is 11.6 Å². The van der Waals surface area contributed by atoms with Crippen molar-refractivity contribution in [2.24, 2.45) is 0 Å². The van der Waals surface area contributed by atoms with E-state index < -0.39 is 12.7 Å². The molecule has 1 saturated heterocycles. The Morgan fingerprint density at radius 3 is 2.97 bits per heavy atom. The van der Waals surface area contributed by atoms with Gasteiger partial charge in [-0.15, -0.1) is 0 Å². The number of nitrogens with zero attached hydrogens (tertiary/aromatic N) is 6. The standard InChI is InChI=1S/C23H24ClN7O4/c1-13-4-14(8-25-7-13)21-17(24)5-18-22(29-21)31(15-2-3-30(18)9-15)23(34)28-19-6-20(27-12-26-19)35-11-16(33)10-32/h4-8,12,15-16,32-33H,2-3,9-11H2,1H3,(H,26,27,28,34)/t15-,16+/m0/s1. The van der Waals surface area contributed by atoms with Gasteiger partial charge in [0.05, 0.1) is 29.1 Å². The number of rotatable bonds is 6. The van der Waals surface area contributed by atoms with Crippen LogP contribution in [0.3, 0.4) is 0 Å². The Labute approximate surface area is 206 Å². The molecular weight excluding hydrogens is 474 g/mol. The fourth-order valence-corrected chi connectivity index (χ4v) is 4.52. The molecule has 3 aromatic heterocycles. The summed E-state index contributed by atoms with van der Waals surface area (Å²) in [6.45, 7) is 2.85. The summed E-state index contributed by atoms with van der Waals surface area (Å²) in [5.41, 5.74) is 3.11. The van der Waals surface area contributed by atoms with E-state index in [9.17, 15) is 9.90 Å². The average molecular weight is 498 g/mol. The summed E-state index contributed by atoms with van der Waals surface area (Å²) in [6, 6.07) is 4.81. The second-order valence-electron chi connectivity index (χ2n) is 8.49. The molecule has 2 bridgehead atoms. The Balaban J connectivity index is 1.44. The summed E-state index contributed by atoms with van der Waals surface area (Å²) in [4.78, 5) is 34.5. The molecule has 2 amide bonds. The van der Waals surface area contributed by atoms with Gasteiger partial charge in [-0.2, -0.15) is 0 Å². The number of anilines is 3. The molecule has 11 nitrogen and oxygen atoms in total. The minimum atomic E-state index is -1.03. The van der Waals surface area contributed by atoms with Crippen LogP contribution in [0.4, 0.5) is 22.1 Å². The van der Waals surface area contributed by atoms with Crippen molar-refractivity contribution >= 4 is 35.0 Å². The minimum Gasteiger partial charge on any atom is -0.475 e. The van der Waals surface area contributed by atoms with Gasteiger partial charge in [-0.1, -0.05) is 11.6 Å². The molecule has 3 N–H and O–H groups in total. The third-order valence-electron chi connectivity index (χ3n) is 5.91. The summed E-state index contributed by atoms with van der Waals surface area (Å²) in [5.74, 6) is 0.916. The Morgan fingerprint density at radius 1 is 1.31 bits per heavy atom. The molecule has 0 saturated carbocycles. The number of aliphatic hydroxyl groups excluding tert-OH is 2. The number of aryl methyl sites for hydroxylation is 1. The molecule has 0 unspecified atom stereocenters. The number of hydrogen-bond donors (Lipinski definition) is 3. The summed E-state index contributed by atoms with van der Waals surface area (Å²) in [6.07, 6.45) is 4.46. The molecule has 12 heteroatoms. The van der Waals surface area contributed by atoms with Gasteiger partial charge in [0.25, 0.3) is 0 Å². The van der Waals surface area contributed by atoms with Crippen molar-refractivity contribution in [3.63, 3.8) is 0 Å². The van der Waals surface area contributed by atoms with Crippen LogP contribution in [0.25, 0.3) is 11.3 Å². The number of aliphatic hydroxyl groups is 2. The van der Waals surface area contributed by atoms with Gasteiger partial charge in [-0.25, -0.2) is 19.7 Å². The monoisotopic (exact) mass is 497 g/mol. The van der Waals surface area contributed by atoms with E-state index in [1.54, 1.807) is 17.3 Å². The van der Waals surface area contributed by atoms with Gasteiger partial charge in [0, 0.05) is 37.1 Å². The SMILES string of the molecule is Cc1cncc(-c2nc3c(cc2Cl)N2CC[C@@H](C2)N3C(=O)Nc2cc(OC[C@H](O)CO)ncn2)c1. The highest BCUT2D eigenvalue weighted by Crippen LogP contribution is 2.43. The van der Waals surface area contributed by atoms with E-state index in [-0.39, 0.29) is 30.4 Å². The Morgan fingerprint density at radius 2 is 2.17 bits per heavy atom. The van der Waals surface area contributed by atoms with E-state index >= 15 is 0 Å². The highest BCUT2D eigenvalue weighted by Gasteiger charge is 2.41. The molecule has 182 valence electrons. The number of hydrogen-bond acceptors (Lipinski definition) is 9. The molecule has 0 aromatic carbocycles. The Hall–Kier alpha value is -3.54. The van der Waals surface area contributed by atoms with Crippen LogP contribution in [0.5, 0.6) is 5.88 Å². The van der Waals surface area contributed by atoms with Gasteiger partial charge in [0.15, 0.2) is 5.82 Å². The average Bonchev–Trinajstić information content (AvgIpc) is 3.27. The second-order valence-corrected chi connectivity index (χ2v) is 8.90. The van der Waals surface area contributed by atoms with Crippen LogP contribution in [0, 0.1) is 6.92 Å². The van der Waals surface area contributed by atoms with Crippen molar-refractivity contribution in [3.05, 3.63) is 47.5 Å². The molecule has 1 fully saturated rings. The summed E-state index contributed by atoms with van der Waals surface area (Å²) >= 11 is 6.62. The fraction of sp³-hybridized carbons (Fsp3) is 0.348. The number of urea groups is 1. The van der Waals surface area contributed by atoms with Crippen molar-refractivity contribution < 1.29 is 19.7 Å². The van der Waals surface area contributed by atoms with Gasteiger partial charge >= 0.3 is 6.03 Å². The summed E-state index contributed by atoms with van der Waals surface area (Å²) in [5, 5.41) is 21.7. The number of carbonyl (C=O) groups is 1. The molecule has 5 rings (SSSR count). The van der Waals surface area contributed by atoms with Gasteiger partial charge in [0.2, 0.25) is 5.88 Å². The quantitative estimate of drug-likeness (QED) is 0.468. The topological polar surface area (TPSA) is 137 Å². The van der Waals surface area contributed by atoms with Gasteiger partial charge < -0.3 is 19.8 Å². The number of pyridine rings is 2. The van der Waals surface area contributed by atoms with Crippen molar-refractivity contribution in [1.82, 2.24) is 19.9 Å². The van der Waals surface area contributed by atoms with E-state index in [0.29, 0.717) is 23.1 Å². The summed E-state index contributed by atoms with van der Waals surface area (Å²) in [7, 11) is 0. The van der Waals surface area contributed by atoms with Crippen LogP contribution < -0.4 is 19.9 Å². The molecule has 0 aliphatic carbocycles. The van der Waals surface area contributed by atoms with Gasteiger partial charge in [0.1, 0.15) is 24.9 Å². The molecule has 3 aromatic rings. The highest BCUT2D eigenvalue weighted by molar-refractivity contribution is 6.33. The Kier molecular flexibility index (Phi) is 6.37. The Bertz CT molecular complexity index is 1260. The number of fused-ring (bicyclic) bond motifs is 4. The van der Waals surface area contributed by atoms with Crippen molar-refractivity contribution in [3.8, 4) is 17.1 Å². The van der Waals surface area contributed by atoms with E-state index in [0.717, 1.165) is 29.8 Å². The lowest BCUT2D eigenvalue weighted by Gasteiger charge is -2.36. The zero-order valence-electron chi connectivity index (χ0n) is 18.9. The molecule has 2 aliphatic rings. The predicted octanol–water partition coefficient (Wildman–Crippen LogP) is 2.26. The highest BCUT2D eigenvalue weighted by atomic mass is 35.5. The van der Waals surface area contributed by atoms with Gasteiger partial charge in [-0.05, 0) is 31.0 Å². The first-order valence-corrected chi connectivity index (χ1v) is 11.5. The molecule has 2 aliphatic heterocycles. The number of ether oxygens (including phenoxy) is 1. The molecule has 0 spiro atoms. The maximum Gasteiger partial charge on any atom is 0.329 e. The second kappa shape index (κ2) is 9.61. The first kappa shape index (κ1) is 23.2. The maximum atomic E-state index is 13.5. The molecule has 2 atom stereocenters. The van der Waals surface area contributed by atoms with Crippen molar-refractivity contribution in [2.45, 2.75) is 25.5 Å². The van der Waals surface area contributed by atoms with Crippen LogP contribution in [-0.4, -0.2) is 74.6 Å². The van der Waals surface area contributed by atoms with E-state index in [4.69, 9.17) is 26.4 Å². The first-order chi connectivity index (χ1) is 16.9. The summed E-state index contributed by atoms with van der Waals surface area (Å²) < 4.78 is 5.35. The largest absolute Gasteiger partial charge is 0.475 e. The smallest absolute Gasteiger partial charge is 0.329 e. The number of amides is 2. The van der Waals surface area contributed by atoms with Crippen LogP contribution in [0.2, 0.25) is 5.02 Å². The lowest BCUT2D eigenvalue weighted by molar-refractivity contribution is 0.0521. The normalized spacial score (nSPS) is 17.2. The third kappa shape index (κ3) is 4.70. The number of nitrogens with one attached hydrogen (secondary N) is 1. The van der Waals surface area contributed by atoms with Crippen molar-refractivity contribution in [2.75, 3.05) is 41.4 Å². The molecule has 35 heavy (non-hydrogen) atoms. The van der Waals surface area contributed by atoms with Crippen LogP contribution in [-0.2, 0) is 0 Å². The lowest BCUT2D eigenvalue weighted by Crippen LogP contribution is -2.48. The molecule has 0 radical (unpaired) electrons. The van der Waals surface area contributed by atoms with Gasteiger partial charge in [-0.3, -0.25) is 15.2 Å². The van der Waals surface area contributed by atoms with Crippen molar-refractivity contribution in [1.29, 1.82) is 0 Å².